The molecule has 0 bridgehead atoms. The minimum Gasteiger partial charge on any atom is -0.493 e. The summed E-state index contributed by atoms with van der Waals surface area (Å²) in [6, 6.07) is 10.9. The van der Waals surface area contributed by atoms with E-state index in [1.54, 1.807) is 26.4 Å². The molecule has 0 saturated carbocycles. The molecule has 1 heterocycles. The summed E-state index contributed by atoms with van der Waals surface area (Å²) < 4.78 is 16.1. The highest BCUT2D eigenvalue weighted by atomic mass is 35.5. The van der Waals surface area contributed by atoms with Gasteiger partial charge in [0.1, 0.15) is 5.75 Å². The number of carbonyl (C=O) groups excluding carboxylic acids is 2. The summed E-state index contributed by atoms with van der Waals surface area (Å²) in [5.74, 6) is 1.34. The van der Waals surface area contributed by atoms with Gasteiger partial charge in [-0.2, -0.15) is 5.10 Å². The van der Waals surface area contributed by atoms with Crippen LogP contribution in [0.3, 0.4) is 0 Å². The molecule has 0 radical (unpaired) electrons. The molecule has 0 spiro atoms. The van der Waals surface area contributed by atoms with Crippen molar-refractivity contribution in [3.05, 3.63) is 52.5 Å². The molecule has 8 nitrogen and oxygen atoms in total. The van der Waals surface area contributed by atoms with Gasteiger partial charge in [0.25, 0.3) is 5.91 Å². The SMILES string of the molecule is COc1ccc(CCNC(=O)COc2ccc(C3=NNC(=O)CC3C)cc2Cl)cc1OC. The van der Waals surface area contributed by atoms with Crippen LogP contribution in [0.15, 0.2) is 41.5 Å². The van der Waals surface area contributed by atoms with Crippen LogP contribution in [-0.2, 0) is 16.0 Å². The van der Waals surface area contributed by atoms with E-state index in [1.807, 2.05) is 31.2 Å². The van der Waals surface area contributed by atoms with E-state index in [0.29, 0.717) is 41.7 Å². The van der Waals surface area contributed by atoms with Crippen LogP contribution in [-0.4, -0.2) is 44.9 Å². The second-order valence-corrected chi connectivity index (χ2v) is 7.77. The number of nitrogens with one attached hydrogen (secondary N) is 2. The van der Waals surface area contributed by atoms with Crippen molar-refractivity contribution in [2.24, 2.45) is 11.0 Å². The number of benzene rings is 2. The first-order chi connectivity index (χ1) is 15.4. The Morgan fingerprint density at radius 1 is 1.16 bits per heavy atom. The molecule has 1 aliphatic heterocycles. The normalized spacial score (nSPS) is 15.4. The average Bonchev–Trinajstić information content (AvgIpc) is 2.78. The molecule has 2 aromatic carbocycles. The second kappa shape index (κ2) is 10.9. The van der Waals surface area contributed by atoms with Crippen molar-refractivity contribution in [3.63, 3.8) is 0 Å². The summed E-state index contributed by atoms with van der Waals surface area (Å²) in [6.07, 6.45) is 1.01. The fourth-order valence-electron chi connectivity index (χ4n) is 3.36. The third-order valence-corrected chi connectivity index (χ3v) is 5.32. The van der Waals surface area contributed by atoms with Gasteiger partial charge in [-0.05, 0) is 47.9 Å². The highest BCUT2D eigenvalue weighted by Gasteiger charge is 2.22. The number of rotatable bonds is 9. The molecule has 2 N–H and O–H groups in total. The smallest absolute Gasteiger partial charge is 0.257 e. The van der Waals surface area contributed by atoms with Crippen molar-refractivity contribution < 1.29 is 23.8 Å². The lowest BCUT2D eigenvalue weighted by atomic mass is 9.94. The van der Waals surface area contributed by atoms with Gasteiger partial charge in [-0.1, -0.05) is 24.6 Å². The third-order valence-electron chi connectivity index (χ3n) is 5.03. The summed E-state index contributed by atoms with van der Waals surface area (Å²) in [5.41, 5.74) is 5.06. The van der Waals surface area contributed by atoms with Crippen LogP contribution >= 0.6 is 11.6 Å². The molecule has 0 aromatic heterocycles. The molecule has 2 aromatic rings. The number of nitrogens with zero attached hydrogens (tertiary/aromatic N) is 1. The third kappa shape index (κ3) is 5.91. The van der Waals surface area contributed by atoms with Gasteiger partial charge < -0.3 is 19.5 Å². The molecule has 2 amide bonds. The first-order valence-electron chi connectivity index (χ1n) is 10.2. The Morgan fingerprint density at radius 2 is 1.91 bits per heavy atom. The van der Waals surface area contributed by atoms with Crippen LogP contribution in [0.1, 0.15) is 24.5 Å². The van der Waals surface area contributed by atoms with Crippen molar-refractivity contribution in [1.29, 1.82) is 0 Å². The Bertz CT molecular complexity index is 1020. The maximum atomic E-state index is 12.1. The standard InChI is InChI=1S/C23H26ClN3O5/c1-14-10-21(28)26-27-23(14)16-5-7-18(17(24)12-16)32-13-22(29)25-9-8-15-4-6-19(30-2)20(11-15)31-3/h4-7,11-12,14H,8-10,13H2,1-3H3,(H,25,29)(H,26,28). The number of hydrogen-bond acceptors (Lipinski definition) is 6. The van der Waals surface area contributed by atoms with Crippen LogP contribution in [0.2, 0.25) is 5.02 Å². The number of ether oxygens (including phenoxy) is 3. The molecule has 1 unspecified atom stereocenters. The second-order valence-electron chi connectivity index (χ2n) is 7.36. The van der Waals surface area contributed by atoms with E-state index in [4.69, 9.17) is 25.8 Å². The molecule has 32 heavy (non-hydrogen) atoms. The van der Waals surface area contributed by atoms with E-state index in [1.165, 1.54) is 0 Å². The highest BCUT2D eigenvalue weighted by molar-refractivity contribution is 6.32. The molecule has 0 aliphatic carbocycles. The van der Waals surface area contributed by atoms with Gasteiger partial charge in [0, 0.05) is 18.9 Å². The van der Waals surface area contributed by atoms with Crippen molar-refractivity contribution in [3.8, 4) is 17.2 Å². The molecule has 0 saturated heterocycles. The van der Waals surface area contributed by atoms with Gasteiger partial charge in [-0.3, -0.25) is 9.59 Å². The molecule has 1 aliphatic rings. The maximum Gasteiger partial charge on any atom is 0.257 e. The minimum atomic E-state index is -0.251. The molecular weight excluding hydrogens is 434 g/mol. The number of carbonyl (C=O) groups is 2. The average molecular weight is 460 g/mol. The maximum absolute atomic E-state index is 12.1. The summed E-state index contributed by atoms with van der Waals surface area (Å²) in [5, 5.41) is 7.31. The Labute approximate surface area is 191 Å². The van der Waals surface area contributed by atoms with Crippen LogP contribution in [0.5, 0.6) is 17.2 Å². The summed E-state index contributed by atoms with van der Waals surface area (Å²) in [7, 11) is 3.17. The topological polar surface area (TPSA) is 98.3 Å². The quantitative estimate of drug-likeness (QED) is 0.600. The zero-order valence-electron chi connectivity index (χ0n) is 18.2. The molecule has 1 atom stereocenters. The summed E-state index contributed by atoms with van der Waals surface area (Å²) in [6.45, 7) is 2.23. The number of hydrazone groups is 1. The first-order valence-corrected chi connectivity index (χ1v) is 10.6. The fraction of sp³-hybridized carbons (Fsp3) is 0.348. The Morgan fingerprint density at radius 3 is 2.59 bits per heavy atom. The van der Waals surface area contributed by atoms with E-state index >= 15 is 0 Å². The highest BCUT2D eigenvalue weighted by Crippen LogP contribution is 2.28. The van der Waals surface area contributed by atoms with E-state index in [9.17, 15) is 9.59 Å². The van der Waals surface area contributed by atoms with Gasteiger partial charge in [-0.25, -0.2) is 5.43 Å². The van der Waals surface area contributed by atoms with Gasteiger partial charge in [0.15, 0.2) is 18.1 Å². The molecule has 3 rings (SSSR count). The number of amides is 2. The molecule has 0 fully saturated rings. The van der Waals surface area contributed by atoms with E-state index in [-0.39, 0.29) is 24.3 Å². The van der Waals surface area contributed by atoms with E-state index in [2.05, 4.69) is 15.8 Å². The first kappa shape index (κ1) is 23.4. The zero-order valence-corrected chi connectivity index (χ0v) is 19.0. The summed E-state index contributed by atoms with van der Waals surface area (Å²) >= 11 is 6.32. The van der Waals surface area contributed by atoms with Crippen LogP contribution in [0.25, 0.3) is 0 Å². The zero-order chi connectivity index (χ0) is 23.1. The van der Waals surface area contributed by atoms with E-state index in [0.717, 1.165) is 16.8 Å². The fourth-order valence-corrected chi connectivity index (χ4v) is 3.59. The molecular formula is C23H26ClN3O5. The number of hydrogen-bond donors (Lipinski definition) is 2. The van der Waals surface area contributed by atoms with Gasteiger partial charge in [-0.15, -0.1) is 0 Å². The molecule has 170 valence electrons. The van der Waals surface area contributed by atoms with Gasteiger partial charge >= 0.3 is 0 Å². The minimum absolute atomic E-state index is 0.0111. The number of halogens is 1. The van der Waals surface area contributed by atoms with Crippen molar-refractivity contribution >= 4 is 29.1 Å². The Kier molecular flexibility index (Phi) is 7.94. The lowest BCUT2D eigenvalue weighted by molar-refractivity contribution is -0.123. The Balaban J connectivity index is 1.49. The van der Waals surface area contributed by atoms with Crippen molar-refractivity contribution in [1.82, 2.24) is 10.7 Å². The largest absolute Gasteiger partial charge is 0.493 e. The number of methoxy groups -OCH3 is 2. The monoisotopic (exact) mass is 459 g/mol. The predicted octanol–water partition coefficient (Wildman–Crippen LogP) is 2.96. The van der Waals surface area contributed by atoms with Crippen LogP contribution in [0.4, 0.5) is 0 Å². The molecule has 9 heteroatoms. The Hall–Kier alpha value is -3.26. The summed E-state index contributed by atoms with van der Waals surface area (Å²) in [4.78, 5) is 23.6. The van der Waals surface area contributed by atoms with Gasteiger partial charge in [0.2, 0.25) is 5.91 Å². The van der Waals surface area contributed by atoms with E-state index < -0.39 is 0 Å². The predicted molar refractivity (Wildman–Crippen MR) is 122 cm³/mol. The van der Waals surface area contributed by atoms with Crippen molar-refractivity contribution in [2.45, 2.75) is 19.8 Å². The van der Waals surface area contributed by atoms with Crippen LogP contribution < -0.4 is 25.0 Å². The lowest BCUT2D eigenvalue weighted by Crippen LogP contribution is -2.32. The lowest BCUT2D eigenvalue weighted by Gasteiger charge is -2.19. The van der Waals surface area contributed by atoms with Gasteiger partial charge in [0.05, 0.1) is 25.0 Å². The van der Waals surface area contributed by atoms with Crippen molar-refractivity contribution in [2.75, 3.05) is 27.4 Å². The van der Waals surface area contributed by atoms with Crippen LogP contribution in [0, 0.1) is 5.92 Å².